The number of hydrogen-bond acceptors (Lipinski definition) is 7. The molecule has 286 valence electrons. The van der Waals surface area contributed by atoms with Crippen molar-refractivity contribution in [2.75, 3.05) is 6.61 Å². The second-order valence-electron chi connectivity index (χ2n) is 15.0. The van der Waals surface area contributed by atoms with Gasteiger partial charge in [-0.25, -0.2) is 4.98 Å². The summed E-state index contributed by atoms with van der Waals surface area (Å²) in [7, 11) is 0. The second-order valence-corrected chi connectivity index (χ2v) is 15.0. The first-order valence-electron chi connectivity index (χ1n) is 19.1. The molecule has 1 aromatic heterocycles. The van der Waals surface area contributed by atoms with E-state index in [1.807, 2.05) is 113 Å². The van der Waals surface area contributed by atoms with Crippen molar-refractivity contribution in [1.29, 1.82) is 0 Å². The van der Waals surface area contributed by atoms with Crippen LogP contribution >= 0.6 is 0 Å². The summed E-state index contributed by atoms with van der Waals surface area (Å²) in [6.07, 6.45) is 3.08. The van der Waals surface area contributed by atoms with Gasteiger partial charge in [0.05, 0.1) is 49.3 Å². The van der Waals surface area contributed by atoms with Gasteiger partial charge in [0.1, 0.15) is 0 Å². The predicted molar refractivity (Wildman–Crippen MR) is 213 cm³/mol. The van der Waals surface area contributed by atoms with Crippen LogP contribution in [0.25, 0.3) is 21.5 Å². The third-order valence-corrected chi connectivity index (χ3v) is 10.6. The average Bonchev–Trinajstić information content (AvgIpc) is 3.69. The largest absolute Gasteiger partial charge is 0.394 e. The van der Waals surface area contributed by atoms with E-state index in [-0.39, 0.29) is 37.7 Å². The Morgan fingerprint density at radius 2 is 1.41 bits per heavy atom. The van der Waals surface area contributed by atoms with E-state index in [1.165, 1.54) is 11.2 Å². The number of nitrogens with zero attached hydrogens (tertiary/aromatic N) is 2. The molecule has 5 aromatic rings. The first-order chi connectivity index (χ1) is 26.0. The Bertz CT molecular complexity index is 1900. The number of aromatic amines is 1. The summed E-state index contributed by atoms with van der Waals surface area (Å²) < 4.78 is 0. The van der Waals surface area contributed by atoms with Crippen LogP contribution in [0.3, 0.4) is 0 Å². The van der Waals surface area contributed by atoms with Crippen LogP contribution in [0, 0.1) is 17.8 Å². The van der Waals surface area contributed by atoms with Gasteiger partial charge in [-0.1, -0.05) is 119 Å². The van der Waals surface area contributed by atoms with Gasteiger partial charge in [-0.3, -0.25) is 19.3 Å². The third kappa shape index (κ3) is 9.99. The number of carbonyl (C=O) groups is 3. The smallest absolute Gasteiger partial charge is 0.246 e. The Labute approximate surface area is 318 Å². The molecular weight excluding hydrogens is 679 g/mol. The molecule has 0 aliphatic rings. The average molecular weight is 734 g/mol. The molecule has 0 saturated carbocycles. The highest BCUT2D eigenvalue weighted by molar-refractivity contribution is 6.00. The molecule has 0 aliphatic carbocycles. The first kappa shape index (κ1) is 40.3. The molecule has 0 aliphatic heterocycles. The van der Waals surface area contributed by atoms with Crippen LogP contribution in [0.1, 0.15) is 63.8 Å². The number of carbonyl (C=O) groups excluding carboxylic acids is 3. The fraction of sp³-hybridized carbons (Fsp3) is 0.409. The minimum atomic E-state index is -1.40. The number of hydrogen-bond donors (Lipinski definition) is 5. The van der Waals surface area contributed by atoms with E-state index < -0.39 is 47.9 Å². The lowest BCUT2D eigenvalue weighted by Crippen LogP contribution is -2.58. The lowest BCUT2D eigenvalue weighted by Gasteiger charge is -2.38. The van der Waals surface area contributed by atoms with Crippen LogP contribution < -0.4 is 11.1 Å². The number of imidazole rings is 1. The number of rotatable bonds is 18. The summed E-state index contributed by atoms with van der Waals surface area (Å²) >= 11 is 0. The van der Waals surface area contributed by atoms with Crippen molar-refractivity contribution in [2.45, 2.75) is 90.4 Å². The van der Waals surface area contributed by atoms with Gasteiger partial charge in [-0.2, -0.15) is 0 Å². The minimum Gasteiger partial charge on any atom is -0.394 e. The van der Waals surface area contributed by atoms with E-state index in [9.17, 15) is 19.8 Å². The summed E-state index contributed by atoms with van der Waals surface area (Å²) in [6, 6.07) is 25.4. The maximum absolute atomic E-state index is 15.4. The fourth-order valence-electron chi connectivity index (χ4n) is 7.41. The maximum atomic E-state index is 15.4. The maximum Gasteiger partial charge on any atom is 0.246 e. The van der Waals surface area contributed by atoms with Crippen LogP contribution in [-0.4, -0.2) is 73.6 Å². The molecule has 10 heteroatoms. The molecule has 3 amide bonds. The SMILES string of the molecule is CC[C@H](C)[C@@H](CO)NC(=O)C[C@H](O)[C@H](CC(C)C)N(C(=O)C(Cc1cccc2ccccc12)Cc1cccc2ccccc12)C(=O)[C@@H](N)Cc1c[nH]cn1. The molecule has 6 N–H and O–H groups in total. The quantitative estimate of drug-likeness (QED) is 0.0769. The fourth-order valence-corrected chi connectivity index (χ4v) is 7.41. The number of H-pyrrole nitrogens is 1. The Kier molecular flexibility index (Phi) is 14.1. The van der Waals surface area contributed by atoms with Crippen molar-refractivity contribution in [2.24, 2.45) is 23.5 Å². The van der Waals surface area contributed by atoms with Gasteiger partial charge in [-0.15, -0.1) is 0 Å². The predicted octanol–water partition coefficient (Wildman–Crippen LogP) is 5.73. The number of nitrogens with one attached hydrogen (secondary N) is 2. The summed E-state index contributed by atoms with van der Waals surface area (Å²) in [5.74, 6) is -2.36. The summed E-state index contributed by atoms with van der Waals surface area (Å²) in [4.78, 5) is 51.8. The van der Waals surface area contributed by atoms with Crippen LogP contribution in [0.15, 0.2) is 97.5 Å². The highest BCUT2D eigenvalue weighted by Gasteiger charge is 2.41. The van der Waals surface area contributed by atoms with Crippen molar-refractivity contribution < 1.29 is 24.6 Å². The zero-order valence-electron chi connectivity index (χ0n) is 31.8. The molecule has 0 saturated heterocycles. The van der Waals surface area contributed by atoms with Gasteiger partial charge in [0.25, 0.3) is 0 Å². The molecule has 0 fully saturated rings. The topological polar surface area (TPSA) is 162 Å². The highest BCUT2D eigenvalue weighted by Crippen LogP contribution is 2.30. The molecule has 0 unspecified atom stereocenters. The van der Waals surface area contributed by atoms with Crippen LogP contribution in [0.5, 0.6) is 0 Å². The van der Waals surface area contributed by atoms with Crippen molar-refractivity contribution in [3.05, 3.63) is 114 Å². The number of aliphatic hydroxyl groups is 2. The number of aliphatic hydroxyl groups excluding tert-OH is 2. The number of imide groups is 1. The van der Waals surface area contributed by atoms with Gasteiger partial charge in [0.2, 0.25) is 17.7 Å². The van der Waals surface area contributed by atoms with Crippen LogP contribution in [-0.2, 0) is 33.6 Å². The summed E-state index contributed by atoms with van der Waals surface area (Å²) in [6.45, 7) is 7.56. The Morgan fingerprint density at radius 1 is 0.833 bits per heavy atom. The zero-order valence-corrected chi connectivity index (χ0v) is 31.8. The van der Waals surface area contributed by atoms with Gasteiger partial charge in [-0.05, 0) is 63.8 Å². The molecule has 4 aromatic carbocycles. The van der Waals surface area contributed by atoms with Crippen LogP contribution in [0.2, 0.25) is 0 Å². The van der Waals surface area contributed by atoms with E-state index in [4.69, 9.17) is 5.73 Å². The van der Waals surface area contributed by atoms with Gasteiger partial charge < -0.3 is 26.2 Å². The molecule has 0 spiro atoms. The molecular formula is C44H55N5O5. The molecule has 54 heavy (non-hydrogen) atoms. The van der Waals surface area contributed by atoms with Gasteiger partial charge in [0, 0.05) is 18.5 Å². The van der Waals surface area contributed by atoms with Gasteiger partial charge in [0.15, 0.2) is 0 Å². The molecule has 5 rings (SSSR count). The number of nitrogens with two attached hydrogens (primary N) is 1. The van der Waals surface area contributed by atoms with Gasteiger partial charge >= 0.3 is 0 Å². The third-order valence-electron chi connectivity index (χ3n) is 10.6. The number of amides is 3. The second kappa shape index (κ2) is 18.9. The van der Waals surface area contributed by atoms with E-state index >= 15 is 4.79 Å². The normalized spacial score (nSPS) is 14.5. The number of benzene rings is 4. The molecule has 10 nitrogen and oxygen atoms in total. The molecule has 0 radical (unpaired) electrons. The summed E-state index contributed by atoms with van der Waals surface area (Å²) in [5.41, 5.74) is 9.10. The molecule has 0 bridgehead atoms. The van der Waals surface area contributed by atoms with Crippen LogP contribution in [0.4, 0.5) is 0 Å². The Morgan fingerprint density at radius 3 is 1.93 bits per heavy atom. The monoisotopic (exact) mass is 733 g/mol. The van der Waals surface area contributed by atoms with E-state index in [0.29, 0.717) is 18.5 Å². The Hall–Kier alpha value is -4.90. The number of fused-ring (bicyclic) bond motifs is 2. The van der Waals surface area contributed by atoms with E-state index in [1.54, 1.807) is 6.20 Å². The standard InChI is InChI=1S/C44H55N5O5/c1-5-29(4)39(26-50)48-42(52)24-41(51)40(20-28(2)3)49(44(54)38(45)23-35-25-46-27-47-35)43(53)34(21-32-16-10-14-30-12-6-8-18-36(30)32)22-33-17-11-15-31-13-7-9-19-37(31)33/h6-19,25,27-29,34,38-41,50-51H,5,20-24,26,45H2,1-4H3,(H,46,47)(H,48,52)/t29-,38-,39+,40-,41-/m0/s1. The molecule has 1 heterocycles. The Balaban J connectivity index is 1.59. The van der Waals surface area contributed by atoms with Crippen molar-refractivity contribution in [3.63, 3.8) is 0 Å². The minimum absolute atomic E-state index is 0.00569. The molecule has 5 atom stereocenters. The van der Waals surface area contributed by atoms with E-state index in [2.05, 4.69) is 15.3 Å². The van der Waals surface area contributed by atoms with Crippen molar-refractivity contribution in [1.82, 2.24) is 20.2 Å². The first-order valence-corrected chi connectivity index (χ1v) is 19.1. The lowest BCUT2D eigenvalue weighted by molar-refractivity contribution is -0.156. The zero-order chi connectivity index (χ0) is 38.8. The highest BCUT2D eigenvalue weighted by atomic mass is 16.3. The van der Waals surface area contributed by atoms with Crippen molar-refractivity contribution >= 4 is 39.3 Å². The lowest BCUT2D eigenvalue weighted by atomic mass is 9.86. The van der Waals surface area contributed by atoms with Crippen molar-refractivity contribution in [3.8, 4) is 0 Å². The number of aromatic nitrogens is 2. The van der Waals surface area contributed by atoms with E-state index in [0.717, 1.165) is 39.1 Å². The summed E-state index contributed by atoms with van der Waals surface area (Å²) in [5, 5.41) is 28.9.